The highest BCUT2D eigenvalue weighted by molar-refractivity contribution is 5.37. The van der Waals surface area contributed by atoms with Gasteiger partial charge in [-0.2, -0.15) is 0 Å². The van der Waals surface area contributed by atoms with Crippen LogP contribution in [-0.2, 0) is 6.42 Å². The Bertz CT molecular complexity index is 454. The van der Waals surface area contributed by atoms with Gasteiger partial charge in [-0.3, -0.25) is 4.90 Å². The second-order valence-corrected chi connectivity index (χ2v) is 6.33. The van der Waals surface area contributed by atoms with E-state index in [0.29, 0.717) is 12.1 Å². The lowest BCUT2D eigenvalue weighted by Gasteiger charge is -2.30. The molecule has 2 rings (SSSR count). The minimum Gasteiger partial charge on any atom is -0.488 e. The molecule has 0 saturated heterocycles. The molecule has 1 aliphatic rings. The van der Waals surface area contributed by atoms with Crippen LogP contribution in [0.5, 0.6) is 5.75 Å². The largest absolute Gasteiger partial charge is 0.488 e. The van der Waals surface area contributed by atoms with Crippen LogP contribution >= 0.6 is 0 Å². The number of rotatable bonds is 7. The molecule has 0 saturated carbocycles. The molecule has 1 aromatic carbocycles. The molecule has 0 radical (unpaired) electrons. The van der Waals surface area contributed by atoms with E-state index in [1.807, 2.05) is 0 Å². The van der Waals surface area contributed by atoms with Gasteiger partial charge in [0.1, 0.15) is 17.7 Å². The summed E-state index contributed by atoms with van der Waals surface area (Å²) >= 11 is 0. The molecule has 118 valence electrons. The summed E-state index contributed by atoms with van der Waals surface area (Å²) in [5.41, 5.74) is 0.979. The highest BCUT2D eigenvalue weighted by Crippen LogP contribution is 2.28. The van der Waals surface area contributed by atoms with Gasteiger partial charge >= 0.3 is 0 Å². The molecule has 1 N–H and O–H groups in total. The van der Waals surface area contributed by atoms with Crippen molar-refractivity contribution in [3.05, 3.63) is 29.6 Å². The van der Waals surface area contributed by atoms with Gasteiger partial charge in [0.2, 0.25) is 0 Å². The molecule has 0 bridgehead atoms. The van der Waals surface area contributed by atoms with Crippen LogP contribution < -0.4 is 10.1 Å². The van der Waals surface area contributed by atoms with Crippen molar-refractivity contribution >= 4 is 0 Å². The zero-order valence-corrected chi connectivity index (χ0v) is 13.5. The first kappa shape index (κ1) is 16.2. The normalized spacial score (nSPS) is 17.6. The van der Waals surface area contributed by atoms with Crippen molar-refractivity contribution in [2.75, 3.05) is 19.6 Å². The van der Waals surface area contributed by atoms with Gasteiger partial charge in [0.25, 0.3) is 0 Å². The average Bonchev–Trinajstić information content (AvgIpc) is 2.79. The molecule has 1 aliphatic heterocycles. The first-order valence-corrected chi connectivity index (χ1v) is 7.89. The van der Waals surface area contributed by atoms with Crippen LogP contribution in [0.4, 0.5) is 4.39 Å². The Kier molecular flexibility index (Phi) is 5.59. The summed E-state index contributed by atoms with van der Waals surface area (Å²) in [4.78, 5) is 2.46. The lowest BCUT2D eigenvalue weighted by Crippen LogP contribution is -2.42. The Balaban J connectivity index is 1.71. The van der Waals surface area contributed by atoms with Crippen molar-refractivity contribution in [2.24, 2.45) is 0 Å². The minimum absolute atomic E-state index is 0.119. The van der Waals surface area contributed by atoms with Crippen molar-refractivity contribution in [2.45, 2.75) is 52.3 Å². The van der Waals surface area contributed by atoms with Crippen LogP contribution in [0.1, 0.15) is 33.3 Å². The molecule has 0 aliphatic carbocycles. The van der Waals surface area contributed by atoms with Crippen molar-refractivity contribution in [3.8, 4) is 5.75 Å². The van der Waals surface area contributed by atoms with Crippen LogP contribution in [0, 0.1) is 5.82 Å². The first-order valence-electron chi connectivity index (χ1n) is 7.89. The number of hydrogen-bond donors (Lipinski definition) is 1. The van der Waals surface area contributed by atoms with E-state index in [0.717, 1.165) is 37.4 Å². The molecule has 0 amide bonds. The fourth-order valence-corrected chi connectivity index (χ4v) is 2.99. The maximum Gasteiger partial charge on any atom is 0.123 e. The number of nitrogens with zero attached hydrogens (tertiary/aromatic N) is 1. The van der Waals surface area contributed by atoms with Gasteiger partial charge in [-0.05, 0) is 45.9 Å². The number of ether oxygens (including phenoxy) is 1. The molecule has 0 spiro atoms. The van der Waals surface area contributed by atoms with E-state index < -0.39 is 0 Å². The number of benzene rings is 1. The van der Waals surface area contributed by atoms with Gasteiger partial charge in [0, 0.05) is 43.7 Å². The van der Waals surface area contributed by atoms with Crippen LogP contribution in [0.25, 0.3) is 0 Å². The molecular weight excluding hydrogens is 267 g/mol. The molecular formula is C17H27FN2O. The first-order chi connectivity index (χ1) is 9.97. The van der Waals surface area contributed by atoms with Gasteiger partial charge in [-0.1, -0.05) is 0 Å². The highest BCUT2D eigenvalue weighted by Gasteiger charge is 2.23. The standard InChI is InChI=1S/C17H27FN2O/c1-12(2)20(13(3)4)8-7-19-11-16-10-14-9-15(18)5-6-17(14)21-16/h5-6,9,12-13,16,19H,7-8,10-11H2,1-4H3. The molecule has 1 atom stereocenters. The molecule has 1 heterocycles. The zero-order chi connectivity index (χ0) is 15.4. The lowest BCUT2D eigenvalue weighted by atomic mass is 10.1. The number of hydrogen-bond acceptors (Lipinski definition) is 3. The van der Waals surface area contributed by atoms with Crippen molar-refractivity contribution in [3.63, 3.8) is 0 Å². The second kappa shape index (κ2) is 7.23. The summed E-state index contributed by atoms with van der Waals surface area (Å²) in [6.07, 6.45) is 0.909. The minimum atomic E-state index is -0.185. The Morgan fingerprint density at radius 3 is 2.67 bits per heavy atom. The fourth-order valence-electron chi connectivity index (χ4n) is 2.99. The Hall–Kier alpha value is -1.13. The molecule has 1 aromatic rings. The number of halogens is 1. The van der Waals surface area contributed by atoms with E-state index in [1.165, 1.54) is 6.07 Å². The number of nitrogens with one attached hydrogen (secondary N) is 1. The lowest BCUT2D eigenvalue weighted by molar-refractivity contribution is 0.170. The summed E-state index contributed by atoms with van der Waals surface area (Å²) in [6, 6.07) is 5.87. The van der Waals surface area contributed by atoms with Gasteiger partial charge in [0.05, 0.1) is 0 Å². The maximum atomic E-state index is 13.2. The van der Waals surface area contributed by atoms with E-state index in [-0.39, 0.29) is 11.9 Å². The van der Waals surface area contributed by atoms with Crippen LogP contribution in [0.15, 0.2) is 18.2 Å². The Morgan fingerprint density at radius 1 is 1.29 bits per heavy atom. The van der Waals surface area contributed by atoms with E-state index in [1.54, 1.807) is 12.1 Å². The molecule has 21 heavy (non-hydrogen) atoms. The summed E-state index contributed by atoms with van der Waals surface area (Å²) in [7, 11) is 0. The molecule has 3 nitrogen and oxygen atoms in total. The van der Waals surface area contributed by atoms with E-state index in [2.05, 4.69) is 37.9 Å². The van der Waals surface area contributed by atoms with Gasteiger partial charge in [-0.15, -0.1) is 0 Å². The fraction of sp³-hybridized carbons (Fsp3) is 0.647. The summed E-state index contributed by atoms with van der Waals surface area (Å²) in [5, 5.41) is 3.46. The van der Waals surface area contributed by atoms with Gasteiger partial charge < -0.3 is 10.1 Å². The summed E-state index contributed by atoms with van der Waals surface area (Å²) in [6.45, 7) is 11.7. The Morgan fingerprint density at radius 2 is 2.00 bits per heavy atom. The third-order valence-corrected chi connectivity index (χ3v) is 4.01. The maximum absolute atomic E-state index is 13.2. The van der Waals surface area contributed by atoms with Crippen molar-refractivity contribution in [1.29, 1.82) is 0 Å². The van der Waals surface area contributed by atoms with E-state index in [4.69, 9.17) is 4.74 Å². The average molecular weight is 294 g/mol. The second-order valence-electron chi connectivity index (χ2n) is 6.33. The van der Waals surface area contributed by atoms with Crippen LogP contribution in [0.3, 0.4) is 0 Å². The predicted molar refractivity (Wildman–Crippen MR) is 84.4 cm³/mol. The SMILES string of the molecule is CC(C)N(CCNCC1Cc2cc(F)ccc2O1)C(C)C. The van der Waals surface area contributed by atoms with E-state index in [9.17, 15) is 4.39 Å². The molecule has 1 unspecified atom stereocenters. The van der Waals surface area contributed by atoms with Gasteiger partial charge in [0.15, 0.2) is 0 Å². The predicted octanol–water partition coefficient (Wildman–Crippen LogP) is 2.84. The monoisotopic (exact) mass is 294 g/mol. The number of fused-ring (bicyclic) bond motifs is 1. The smallest absolute Gasteiger partial charge is 0.123 e. The zero-order valence-electron chi connectivity index (χ0n) is 13.5. The summed E-state index contributed by atoms with van der Waals surface area (Å²) < 4.78 is 19.0. The third kappa shape index (κ3) is 4.42. The highest BCUT2D eigenvalue weighted by atomic mass is 19.1. The van der Waals surface area contributed by atoms with Gasteiger partial charge in [-0.25, -0.2) is 4.39 Å². The van der Waals surface area contributed by atoms with Crippen LogP contribution in [-0.4, -0.2) is 42.7 Å². The van der Waals surface area contributed by atoms with Crippen molar-refractivity contribution in [1.82, 2.24) is 10.2 Å². The quantitative estimate of drug-likeness (QED) is 0.783. The van der Waals surface area contributed by atoms with Crippen molar-refractivity contribution < 1.29 is 9.13 Å². The molecule has 0 fully saturated rings. The topological polar surface area (TPSA) is 24.5 Å². The molecule has 0 aromatic heterocycles. The van der Waals surface area contributed by atoms with Crippen LogP contribution in [0.2, 0.25) is 0 Å². The van der Waals surface area contributed by atoms with E-state index >= 15 is 0 Å². The summed E-state index contributed by atoms with van der Waals surface area (Å²) in [5.74, 6) is 0.643. The Labute approximate surface area is 127 Å². The third-order valence-electron chi connectivity index (χ3n) is 4.01. The molecule has 4 heteroatoms.